The van der Waals surface area contributed by atoms with E-state index in [0.29, 0.717) is 12.8 Å². The molecule has 15 heavy (non-hydrogen) atoms. The fraction of sp³-hybridized carbons (Fsp3) is 0.300. The van der Waals surface area contributed by atoms with Crippen molar-refractivity contribution < 1.29 is 14.8 Å². The van der Waals surface area contributed by atoms with Crippen LogP contribution in [0.2, 0.25) is 0 Å². The van der Waals surface area contributed by atoms with E-state index in [2.05, 4.69) is 0 Å². The first-order chi connectivity index (χ1) is 7.06. The Hall–Kier alpha value is -1.91. The van der Waals surface area contributed by atoms with E-state index in [0.717, 1.165) is 6.07 Å². The molecule has 0 bridgehead atoms. The zero-order valence-electron chi connectivity index (χ0n) is 8.27. The standard InChI is InChI=1S/C10H11NO4/c1-2-3-9(12)8-5-4-7(11(14)15)6-10(8)13/h4-6,13H,2-3H2,1H3. The van der Waals surface area contributed by atoms with Gasteiger partial charge in [0.05, 0.1) is 16.6 Å². The highest BCUT2D eigenvalue weighted by Gasteiger charge is 2.14. The van der Waals surface area contributed by atoms with E-state index in [9.17, 15) is 20.0 Å². The Bertz CT molecular complexity index is 400. The molecule has 0 radical (unpaired) electrons. The maximum absolute atomic E-state index is 11.4. The number of non-ortho nitro benzene ring substituents is 1. The zero-order valence-corrected chi connectivity index (χ0v) is 8.27. The summed E-state index contributed by atoms with van der Waals surface area (Å²) < 4.78 is 0. The molecule has 0 spiro atoms. The third-order valence-electron chi connectivity index (χ3n) is 1.97. The monoisotopic (exact) mass is 209 g/mol. The van der Waals surface area contributed by atoms with Crippen LogP contribution < -0.4 is 0 Å². The maximum atomic E-state index is 11.4. The summed E-state index contributed by atoms with van der Waals surface area (Å²) in [5.74, 6) is -0.535. The fourth-order valence-corrected chi connectivity index (χ4v) is 1.23. The number of hydrogen-bond donors (Lipinski definition) is 1. The molecule has 0 aliphatic carbocycles. The molecule has 80 valence electrons. The van der Waals surface area contributed by atoms with E-state index in [1.165, 1.54) is 12.1 Å². The van der Waals surface area contributed by atoms with Gasteiger partial charge in [0.2, 0.25) is 0 Å². The van der Waals surface area contributed by atoms with Gasteiger partial charge in [0.25, 0.3) is 5.69 Å². The van der Waals surface area contributed by atoms with Crippen molar-refractivity contribution in [3.05, 3.63) is 33.9 Å². The molecule has 5 nitrogen and oxygen atoms in total. The number of benzene rings is 1. The van der Waals surface area contributed by atoms with Crippen LogP contribution in [0.3, 0.4) is 0 Å². The number of hydrogen-bond acceptors (Lipinski definition) is 4. The molecular formula is C10H11NO4. The van der Waals surface area contributed by atoms with Gasteiger partial charge in [-0.05, 0) is 12.5 Å². The number of ketones is 1. The molecule has 0 amide bonds. The molecule has 1 rings (SSSR count). The van der Waals surface area contributed by atoms with Crippen molar-refractivity contribution in [1.82, 2.24) is 0 Å². The van der Waals surface area contributed by atoms with E-state index in [1.54, 1.807) is 0 Å². The van der Waals surface area contributed by atoms with E-state index in [1.807, 2.05) is 6.92 Å². The summed E-state index contributed by atoms with van der Waals surface area (Å²) in [5, 5.41) is 19.8. The van der Waals surface area contributed by atoms with Gasteiger partial charge in [0.15, 0.2) is 5.78 Å². The molecule has 0 saturated carbocycles. The van der Waals surface area contributed by atoms with Crippen LogP contribution in [0.25, 0.3) is 0 Å². The zero-order chi connectivity index (χ0) is 11.4. The Labute approximate surface area is 86.5 Å². The number of phenolic OH excluding ortho intramolecular Hbond substituents is 1. The number of rotatable bonds is 4. The SMILES string of the molecule is CCCC(=O)c1ccc([N+](=O)[O-])cc1O. The van der Waals surface area contributed by atoms with Crippen LogP contribution in [-0.2, 0) is 0 Å². The predicted molar refractivity (Wildman–Crippen MR) is 54.0 cm³/mol. The molecule has 1 N–H and O–H groups in total. The molecule has 0 fully saturated rings. The number of nitro groups is 1. The van der Waals surface area contributed by atoms with Crippen molar-refractivity contribution in [3.8, 4) is 5.75 Å². The van der Waals surface area contributed by atoms with E-state index >= 15 is 0 Å². The number of aromatic hydroxyl groups is 1. The summed E-state index contributed by atoms with van der Waals surface area (Å²) in [6.45, 7) is 1.85. The average Bonchev–Trinajstić information content (AvgIpc) is 2.17. The topological polar surface area (TPSA) is 80.4 Å². The third-order valence-corrected chi connectivity index (χ3v) is 1.97. The largest absolute Gasteiger partial charge is 0.507 e. The van der Waals surface area contributed by atoms with Gasteiger partial charge in [0, 0.05) is 12.5 Å². The first-order valence-electron chi connectivity index (χ1n) is 4.57. The second kappa shape index (κ2) is 4.54. The minimum Gasteiger partial charge on any atom is -0.507 e. The minimum atomic E-state index is -0.617. The normalized spacial score (nSPS) is 9.93. The summed E-state index contributed by atoms with van der Waals surface area (Å²) in [6, 6.07) is 3.48. The summed E-state index contributed by atoms with van der Waals surface area (Å²) >= 11 is 0. The Morgan fingerprint density at radius 2 is 2.20 bits per heavy atom. The molecule has 0 heterocycles. The van der Waals surface area contributed by atoms with Crippen molar-refractivity contribution in [1.29, 1.82) is 0 Å². The van der Waals surface area contributed by atoms with Gasteiger partial charge in [0.1, 0.15) is 5.75 Å². The lowest BCUT2D eigenvalue weighted by Gasteiger charge is -2.01. The maximum Gasteiger partial charge on any atom is 0.273 e. The Kier molecular flexibility index (Phi) is 3.38. The highest BCUT2D eigenvalue weighted by Crippen LogP contribution is 2.24. The van der Waals surface area contributed by atoms with Crippen LogP contribution in [0.5, 0.6) is 5.75 Å². The summed E-state index contributed by atoms with van der Waals surface area (Å²) in [4.78, 5) is 21.2. The van der Waals surface area contributed by atoms with Crippen LogP contribution in [-0.4, -0.2) is 15.8 Å². The molecular weight excluding hydrogens is 198 g/mol. The van der Waals surface area contributed by atoms with Gasteiger partial charge >= 0.3 is 0 Å². The van der Waals surface area contributed by atoms with Crippen LogP contribution in [0.1, 0.15) is 30.1 Å². The van der Waals surface area contributed by atoms with Gasteiger partial charge in [-0.2, -0.15) is 0 Å². The first-order valence-corrected chi connectivity index (χ1v) is 4.57. The molecule has 1 aromatic carbocycles. The van der Waals surface area contributed by atoms with Gasteiger partial charge in [-0.3, -0.25) is 14.9 Å². The molecule has 0 aliphatic heterocycles. The molecule has 0 atom stereocenters. The Morgan fingerprint density at radius 1 is 1.53 bits per heavy atom. The molecule has 0 saturated heterocycles. The lowest BCUT2D eigenvalue weighted by Crippen LogP contribution is -1.99. The van der Waals surface area contributed by atoms with Crippen LogP contribution in [0, 0.1) is 10.1 Å². The molecule has 0 aromatic heterocycles. The Balaban J connectivity index is 3.03. The lowest BCUT2D eigenvalue weighted by atomic mass is 10.1. The highest BCUT2D eigenvalue weighted by molar-refractivity contribution is 5.98. The van der Waals surface area contributed by atoms with Crippen LogP contribution >= 0.6 is 0 Å². The van der Waals surface area contributed by atoms with Gasteiger partial charge < -0.3 is 5.11 Å². The minimum absolute atomic E-state index is 0.141. The lowest BCUT2D eigenvalue weighted by molar-refractivity contribution is -0.384. The van der Waals surface area contributed by atoms with Gasteiger partial charge in [-0.15, -0.1) is 0 Å². The molecule has 5 heteroatoms. The summed E-state index contributed by atoms with van der Waals surface area (Å²) in [6.07, 6.45) is 1.00. The number of nitro benzene ring substituents is 1. The van der Waals surface area contributed by atoms with Crippen molar-refractivity contribution >= 4 is 11.5 Å². The van der Waals surface area contributed by atoms with E-state index < -0.39 is 4.92 Å². The third kappa shape index (κ3) is 2.52. The molecule has 1 aromatic rings. The Morgan fingerprint density at radius 3 is 2.67 bits per heavy atom. The van der Waals surface area contributed by atoms with Crippen molar-refractivity contribution in [3.63, 3.8) is 0 Å². The number of carbonyl (C=O) groups excluding carboxylic acids is 1. The van der Waals surface area contributed by atoms with Crippen LogP contribution in [0.4, 0.5) is 5.69 Å². The highest BCUT2D eigenvalue weighted by atomic mass is 16.6. The second-order valence-corrected chi connectivity index (χ2v) is 3.13. The van der Waals surface area contributed by atoms with Crippen molar-refractivity contribution in [2.24, 2.45) is 0 Å². The fourth-order valence-electron chi connectivity index (χ4n) is 1.23. The second-order valence-electron chi connectivity index (χ2n) is 3.13. The van der Waals surface area contributed by atoms with Gasteiger partial charge in [-0.1, -0.05) is 6.92 Å². The molecule has 0 aliphatic rings. The number of carbonyl (C=O) groups is 1. The predicted octanol–water partition coefficient (Wildman–Crippen LogP) is 2.28. The average molecular weight is 209 g/mol. The van der Waals surface area contributed by atoms with E-state index in [4.69, 9.17) is 0 Å². The summed E-state index contributed by atoms with van der Waals surface area (Å²) in [5.41, 5.74) is -0.0806. The van der Waals surface area contributed by atoms with Crippen LogP contribution in [0.15, 0.2) is 18.2 Å². The first kappa shape index (κ1) is 11.2. The molecule has 0 unspecified atom stereocenters. The van der Waals surface area contributed by atoms with Crippen molar-refractivity contribution in [2.75, 3.05) is 0 Å². The number of Topliss-reactive ketones (excluding diaryl/α,β-unsaturated/α-hetero) is 1. The van der Waals surface area contributed by atoms with E-state index in [-0.39, 0.29) is 22.8 Å². The van der Waals surface area contributed by atoms with Crippen molar-refractivity contribution in [2.45, 2.75) is 19.8 Å². The number of nitrogens with zero attached hydrogens (tertiary/aromatic N) is 1. The summed E-state index contributed by atoms with van der Waals surface area (Å²) in [7, 11) is 0. The number of phenols is 1. The van der Waals surface area contributed by atoms with Gasteiger partial charge in [-0.25, -0.2) is 0 Å². The quantitative estimate of drug-likeness (QED) is 0.468. The smallest absolute Gasteiger partial charge is 0.273 e.